The zero-order chi connectivity index (χ0) is 24.3. The Bertz CT molecular complexity index is 1070. The fourth-order valence-corrected chi connectivity index (χ4v) is 3.78. The van der Waals surface area contributed by atoms with Gasteiger partial charge in [0.1, 0.15) is 0 Å². The van der Waals surface area contributed by atoms with Crippen LogP contribution in [0, 0.1) is 0 Å². The number of hydrogen-bond donors (Lipinski definition) is 1. The lowest BCUT2D eigenvalue weighted by Gasteiger charge is -2.22. The van der Waals surface area contributed by atoms with Crippen LogP contribution in [0.4, 0.5) is 0 Å². The lowest BCUT2D eigenvalue weighted by atomic mass is 9.98. The molecule has 34 heavy (non-hydrogen) atoms. The molecule has 3 aromatic carbocycles. The SMILES string of the molecule is CCOc1ccc([C@H](CCc2ccccc2)NC(=O)c2ccc(OC)c(OC)c2)cc1OCC. The Morgan fingerprint density at radius 2 is 1.47 bits per heavy atom. The van der Waals surface area contributed by atoms with Crippen LogP contribution in [0.15, 0.2) is 66.7 Å². The van der Waals surface area contributed by atoms with Gasteiger partial charge in [-0.25, -0.2) is 0 Å². The van der Waals surface area contributed by atoms with Crippen molar-refractivity contribution >= 4 is 5.91 Å². The Labute approximate surface area is 201 Å². The number of ether oxygens (including phenoxy) is 4. The zero-order valence-corrected chi connectivity index (χ0v) is 20.3. The molecule has 3 aromatic rings. The molecule has 0 aliphatic heterocycles. The van der Waals surface area contributed by atoms with Gasteiger partial charge in [0.15, 0.2) is 23.0 Å². The van der Waals surface area contributed by atoms with Crippen LogP contribution in [0.25, 0.3) is 0 Å². The quantitative estimate of drug-likeness (QED) is 0.378. The normalized spacial score (nSPS) is 11.4. The first-order valence-corrected chi connectivity index (χ1v) is 11.6. The molecule has 0 bridgehead atoms. The summed E-state index contributed by atoms with van der Waals surface area (Å²) in [6.07, 6.45) is 1.54. The van der Waals surface area contributed by atoms with Crippen molar-refractivity contribution in [2.24, 2.45) is 0 Å². The summed E-state index contributed by atoms with van der Waals surface area (Å²) in [6, 6.07) is 21.0. The maximum atomic E-state index is 13.2. The van der Waals surface area contributed by atoms with Crippen molar-refractivity contribution < 1.29 is 23.7 Å². The average Bonchev–Trinajstić information content (AvgIpc) is 2.87. The van der Waals surface area contributed by atoms with Gasteiger partial charge in [-0.1, -0.05) is 36.4 Å². The van der Waals surface area contributed by atoms with Crippen molar-refractivity contribution in [3.8, 4) is 23.0 Å². The molecular formula is C28H33NO5. The second-order valence-electron chi connectivity index (χ2n) is 7.69. The third-order valence-electron chi connectivity index (χ3n) is 5.49. The van der Waals surface area contributed by atoms with Crippen molar-refractivity contribution in [3.63, 3.8) is 0 Å². The second-order valence-corrected chi connectivity index (χ2v) is 7.69. The van der Waals surface area contributed by atoms with E-state index in [1.165, 1.54) is 5.56 Å². The number of carbonyl (C=O) groups is 1. The molecular weight excluding hydrogens is 430 g/mol. The van der Waals surface area contributed by atoms with E-state index in [1.54, 1.807) is 32.4 Å². The summed E-state index contributed by atoms with van der Waals surface area (Å²) in [6.45, 7) is 4.95. The van der Waals surface area contributed by atoms with Gasteiger partial charge in [0.05, 0.1) is 33.5 Å². The molecule has 3 rings (SSSR count). The van der Waals surface area contributed by atoms with E-state index in [4.69, 9.17) is 18.9 Å². The molecule has 1 atom stereocenters. The Balaban J connectivity index is 1.89. The van der Waals surface area contributed by atoms with Crippen LogP contribution in [0.1, 0.15) is 47.8 Å². The summed E-state index contributed by atoms with van der Waals surface area (Å²) in [5.41, 5.74) is 2.67. The molecule has 0 radical (unpaired) electrons. The van der Waals surface area contributed by atoms with Gasteiger partial charge in [-0.3, -0.25) is 4.79 Å². The van der Waals surface area contributed by atoms with E-state index in [0.29, 0.717) is 41.8 Å². The maximum absolute atomic E-state index is 13.2. The molecule has 6 heteroatoms. The van der Waals surface area contributed by atoms with Gasteiger partial charge >= 0.3 is 0 Å². The second kappa shape index (κ2) is 12.5. The van der Waals surface area contributed by atoms with E-state index in [0.717, 1.165) is 18.4 Å². The van der Waals surface area contributed by atoms with E-state index in [2.05, 4.69) is 17.4 Å². The molecule has 0 saturated carbocycles. The first-order chi connectivity index (χ1) is 16.6. The first kappa shape index (κ1) is 25.0. The number of benzene rings is 3. The number of nitrogens with one attached hydrogen (secondary N) is 1. The topological polar surface area (TPSA) is 66.0 Å². The highest BCUT2D eigenvalue weighted by molar-refractivity contribution is 5.95. The third-order valence-corrected chi connectivity index (χ3v) is 5.49. The molecule has 6 nitrogen and oxygen atoms in total. The summed E-state index contributed by atoms with van der Waals surface area (Å²) in [7, 11) is 3.12. The minimum absolute atomic E-state index is 0.189. The third kappa shape index (κ3) is 6.44. The molecule has 0 fully saturated rings. The lowest BCUT2D eigenvalue weighted by Crippen LogP contribution is -2.29. The van der Waals surface area contributed by atoms with E-state index in [-0.39, 0.29) is 11.9 Å². The van der Waals surface area contributed by atoms with E-state index >= 15 is 0 Å². The monoisotopic (exact) mass is 463 g/mol. The Hall–Kier alpha value is -3.67. The van der Waals surface area contributed by atoms with Gasteiger partial charge in [0.2, 0.25) is 0 Å². The lowest BCUT2D eigenvalue weighted by molar-refractivity contribution is 0.0934. The molecule has 0 saturated heterocycles. The number of rotatable bonds is 12. The predicted octanol–water partition coefficient (Wildman–Crippen LogP) is 5.61. The highest BCUT2D eigenvalue weighted by Crippen LogP contribution is 2.33. The minimum Gasteiger partial charge on any atom is -0.493 e. The summed E-state index contributed by atoms with van der Waals surface area (Å²) in [5, 5.41) is 3.20. The van der Waals surface area contributed by atoms with Crippen LogP contribution in [0.3, 0.4) is 0 Å². The highest BCUT2D eigenvalue weighted by Gasteiger charge is 2.19. The largest absolute Gasteiger partial charge is 0.493 e. The van der Waals surface area contributed by atoms with Crippen molar-refractivity contribution in [2.75, 3.05) is 27.4 Å². The molecule has 0 aliphatic rings. The van der Waals surface area contributed by atoms with Gasteiger partial charge in [-0.05, 0) is 68.1 Å². The fourth-order valence-electron chi connectivity index (χ4n) is 3.78. The van der Waals surface area contributed by atoms with Crippen LogP contribution in [0.5, 0.6) is 23.0 Å². The Kier molecular flexibility index (Phi) is 9.21. The van der Waals surface area contributed by atoms with Crippen molar-refractivity contribution in [3.05, 3.63) is 83.4 Å². The van der Waals surface area contributed by atoms with Gasteiger partial charge in [-0.15, -0.1) is 0 Å². The smallest absolute Gasteiger partial charge is 0.251 e. The summed E-state index contributed by atoms with van der Waals surface area (Å²) < 4.78 is 22.2. The van der Waals surface area contributed by atoms with Gasteiger partial charge in [-0.2, -0.15) is 0 Å². The number of amides is 1. The molecule has 0 unspecified atom stereocenters. The number of aryl methyl sites for hydroxylation is 1. The van der Waals surface area contributed by atoms with Crippen molar-refractivity contribution in [1.29, 1.82) is 0 Å². The standard InChI is InChI=1S/C28H33NO5/c1-5-33-25-17-13-21(18-27(25)34-6-2)23(15-12-20-10-8-7-9-11-20)29-28(30)22-14-16-24(31-3)26(19-22)32-4/h7-11,13-14,16-19,23H,5-6,12,15H2,1-4H3,(H,29,30)/t23-/m0/s1. The van der Waals surface area contributed by atoms with E-state index < -0.39 is 0 Å². The van der Waals surface area contributed by atoms with Gasteiger partial charge in [0, 0.05) is 5.56 Å². The van der Waals surface area contributed by atoms with Gasteiger partial charge in [0.25, 0.3) is 5.91 Å². The Morgan fingerprint density at radius 1 is 0.794 bits per heavy atom. The maximum Gasteiger partial charge on any atom is 0.251 e. The predicted molar refractivity (Wildman–Crippen MR) is 133 cm³/mol. The molecule has 1 N–H and O–H groups in total. The summed E-state index contributed by atoms with van der Waals surface area (Å²) in [4.78, 5) is 13.2. The fraction of sp³-hybridized carbons (Fsp3) is 0.321. The van der Waals surface area contributed by atoms with Crippen LogP contribution < -0.4 is 24.3 Å². The molecule has 0 aromatic heterocycles. The summed E-state index contributed by atoms with van der Waals surface area (Å²) in [5.74, 6) is 2.27. The van der Waals surface area contributed by atoms with Crippen molar-refractivity contribution in [2.45, 2.75) is 32.7 Å². The number of hydrogen-bond acceptors (Lipinski definition) is 5. The molecule has 180 valence electrons. The first-order valence-electron chi connectivity index (χ1n) is 11.6. The van der Waals surface area contributed by atoms with E-state index in [9.17, 15) is 4.79 Å². The average molecular weight is 464 g/mol. The Morgan fingerprint density at radius 3 is 2.15 bits per heavy atom. The molecule has 1 amide bonds. The van der Waals surface area contributed by atoms with E-state index in [1.807, 2.05) is 50.2 Å². The zero-order valence-electron chi connectivity index (χ0n) is 20.3. The van der Waals surface area contributed by atoms with Crippen LogP contribution >= 0.6 is 0 Å². The minimum atomic E-state index is -0.226. The molecule has 0 aliphatic carbocycles. The molecule has 0 heterocycles. The van der Waals surface area contributed by atoms with Crippen LogP contribution in [-0.4, -0.2) is 33.3 Å². The summed E-state index contributed by atoms with van der Waals surface area (Å²) >= 11 is 0. The number of carbonyl (C=O) groups excluding carboxylic acids is 1. The van der Waals surface area contributed by atoms with Crippen LogP contribution in [0.2, 0.25) is 0 Å². The number of methoxy groups -OCH3 is 2. The van der Waals surface area contributed by atoms with Crippen molar-refractivity contribution in [1.82, 2.24) is 5.32 Å². The van der Waals surface area contributed by atoms with Gasteiger partial charge < -0.3 is 24.3 Å². The molecule has 0 spiro atoms. The van der Waals surface area contributed by atoms with Crippen LogP contribution in [-0.2, 0) is 6.42 Å². The highest BCUT2D eigenvalue weighted by atomic mass is 16.5.